The summed E-state index contributed by atoms with van der Waals surface area (Å²) in [5.41, 5.74) is 5.09. The first-order valence-corrected chi connectivity index (χ1v) is 8.53. The van der Waals surface area contributed by atoms with Crippen LogP contribution in [0.5, 0.6) is 0 Å². The van der Waals surface area contributed by atoms with Gasteiger partial charge in [0.15, 0.2) is 5.11 Å². The van der Waals surface area contributed by atoms with Gasteiger partial charge in [-0.05, 0) is 43.6 Å². The van der Waals surface area contributed by atoms with E-state index in [1.807, 2.05) is 25.1 Å². The lowest BCUT2D eigenvalue weighted by Crippen LogP contribution is -2.39. The lowest BCUT2D eigenvalue weighted by atomic mass is 9.97. The molecule has 3 rings (SSSR count). The molecule has 1 aromatic carbocycles. The van der Waals surface area contributed by atoms with Gasteiger partial charge >= 0.3 is 5.97 Å². The Kier molecular flexibility index (Phi) is 5.42. The Morgan fingerprint density at radius 3 is 3.04 bits per heavy atom. The van der Waals surface area contributed by atoms with E-state index in [9.17, 15) is 4.79 Å². The second-order valence-electron chi connectivity index (χ2n) is 5.97. The SMILES string of the molecule is CC(=NNC(=S)NCC1CCCO1)C1Cc2ccccc2C(=O)O1. The van der Waals surface area contributed by atoms with Crippen molar-refractivity contribution in [1.82, 2.24) is 10.7 Å². The number of nitrogens with one attached hydrogen (secondary N) is 2. The van der Waals surface area contributed by atoms with Crippen molar-refractivity contribution < 1.29 is 14.3 Å². The molecule has 2 heterocycles. The average Bonchev–Trinajstić information content (AvgIpc) is 3.11. The number of hydrazone groups is 1. The van der Waals surface area contributed by atoms with Crippen LogP contribution >= 0.6 is 12.2 Å². The van der Waals surface area contributed by atoms with Gasteiger partial charge in [-0.3, -0.25) is 5.43 Å². The van der Waals surface area contributed by atoms with E-state index in [1.54, 1.807) is 6.07 Å². The average molecular weight is 347 g/mol. The zero-order valence-electron chi connectivity index (χ0n) is 13.6. The lowest BCUT2D eigenvalue weighted by molar-refractivity contribution is 0.0389. The van der Waals surface area contributed by atoms with E-state index in [2.05, 4.69) is 15.8 Å². The number of carbonyl (C=O) groups is 1. The molecule has 0 radical (unpaired) electrons. The highest BCUT2D eigenvalue weighted by Crippen LogP contribution is 2.21. The van der Waals surface area contributed by atoms with Gasteiger partial charge in [-0.2, -0.15) is 5.10 Å². The molecule has 0 amide bonds. The molecule has 2 unspecified atom stereocenters. The number of hydrogen-bond acceptors (Lipinski definition) is 5. The first kappa shape index (κ1) is 16.9. The molecule has 1 fully saturated rings. The minimum absolute atomic E-state index is 0.214. The minimum Gasteiger partial charge on any atom is -0.452 e. The molecule has 0 aromatic heterocycles. The summed E-state index contributed by atoms with van der Waals surface area (Å²) in [6, 6.07) is 7.48. The summed E-state index contributed by atoms with van der Waals surface area (Å²) in [5.74, 6) is -0.310. The van der Waals surface area contributed by atoms with E-state index in [4.69, 9.17) is 21.7 Å². The second kappa shape index (κ2) is 7.72. The van der Waals surface area contributed by atoms with Crippen LogP contribution in [0.3, 0.4) is 0 Å². The lowest BCUT2D eigenvalue weighted by Gasteiger charge is -2.24. The third-order valence-electron chi connectivity index (χ3n) is 4.21. The molecule has 0 spiro atoms. The number of carbonyl (C=O) groups excluding carboxylic acids is 1. The standard InChI is InChI=1S/C17H21N3O3S/c1-11(19-20-17(24)18-10-13-6-4-8-22-13)15-9-12-5-2-3-7-14(12)16(21)23-15/h2-3,5,7,13,15H,4,6,8-10H2,1H3,(H2,18,20,24). The molecule has 1 aromatic rings. The Balaban J connectivity index is 1.52. The monoisotopic (exact) mass is 347 g/mol. The fourth-order valence-corrected chi connectivity index (χ4v) is 2.96. The Morgan fingerprint density at radius 1 is 1.42 bits per heavy atom. The summed E-state index contributed by atoms with van der Waals surface area (Å²) < 4.78 is 11.0. The van der Waals surface area contributed by atoms with Crippen LogP contribution in [0.2, 0.25) is 0 Å². The first-order chi connectivity index (χ1) is 11.6. The topological polar surface area (TPSA) is 72.0 Å². The number of thiocarbonyl (C=S) groups is 1. The Morgan fingerprint density at radius 2 is 2.25 bits per heavy atom. The van der Waals surface area contributed by atoms with Gasteiger partial charge in [-0.1, -0.05) is 18.2 Å². The van der Waals surface area contributed by atoms with E-state index in [0.29, 0.717) is 29.4 Å². The molecule has 0 bridgehead atoms. The molecule has 2 aliphatic heterocycles. The Bertz CT molecular complexity index is 656. The molecule has 2 N–H and O–H groups in total. The van der Waals surface area contributed by atoms with Crippen molar-refractivity contribution in [2.45, 2.75) is 38.4 Å². The predicted octanol–water partition coefficient (Wildman–Crippen LogP) is 1.79. The fourth-order valence-electron chi connectivity index (χ4n) is 2.83. The summed E-state index contributed by atoms with van der Waals surface area (Å²) in [6.07, 6.45) is 2.61. The van der Waals surface area contributed by atoms with Gasteiger partial charge in [0.05, 0.1) is 17.4 Å². The molecule has 0 aliphatic carbocycles. The van der Waals surface area contributed by atoms with Crippen LogP contribution in [-0.4, -0.2) is 42.2 Å². The molecule has 128 valence electrons. The van der Waals surface area contributed by atoms with Crippen molar-refractivity contribution in [2.75, 3.05) is 13.2 Å². The molecule has 0 saturated carbocycles. The van der Waals surface area contributed by atoms with Gasteiger partial charge in [0.1, 0.15) is 6.10 Å². The van der Waals surface area contributed by atoms with Crippen LogP contribution in [0, 0.1) is 0 Å². The first-order valence-electron chi connectivity index (χ1n) is 8.12. The van der Waals surface area contributed by atoms with Crippen molar-refractivity contribution in [2.24, 2.45) is 5.10 Å². The molecule has 2 aliphatic rings. The Labute approximate surface area is 146 Å². The fraction of sp³-hybridized carbons (Fsp3) is 0.471. The van der Waals surface area contributed by atoms with E-state index < -0.39 is 0 Å². The van der Waals surface area contributed by atoms with Crippen LogP contribution in [0.1, 0.15) is 35.7 Å². The van der Waals surface area contributed by atoms with Crippen molar-refractivity contribution in [3.8, 4) is 0 Å². The van der Waals surface area contributed by atoms with Crippen LogP contribution in [0.15, 0.2) is 29.4 Å². The van der Waals surface area contributed by atoms with Gasteiger partial charge in [0, 0.05) is 19.6 Å². The molecule has 2 atom stereocenters. The van der Waals surface area contributed by atoms with Gasteiger partial charge in [-0.25, -0.2) is 4.79 Å². The quantitative estimate of drug-likeness (QED) is 0.374. The molecular formula is C17H21N3O3S. The normalized spacial score (nSPS) is 23.4. The summed E-state index contributed by atoms with van der Waals surface area (Å²) in [4.78, 5) is 12.0. The van der Waals surface area contributed by atoms with Gasteiger partial charge < -0.3 is 14.8 Å². The van der Waals surface area contributed by atoms with Crippen molar-refractivity contribution in [3.63, 3.8) is 0 Å². The molecule has 1 saturated heterocycles. The number of hydrogen-bond donors (Lipinski definition) is 2. The smallest absolute Gasteiger partial charge is 0.339 e. The van der Waals surface area contributed by atoms with Crippen LogP contribution in [0.4, 0.5) is 0 Å². The summed E-state index contributed by atoms with van der Waals surface area (Å²) in [7, 11) is 0. The van der Waals surface area contributed by atoms with Crippen molar-refractivity contribution in [1.29, 1.82) is 0 Å². The zero-order chi connectivity index (χ0) is 16.9. The zero-order valence-corrected chi connectivity index (χ0v) is 14.4. The highest BCUT2D eigenvalue weighted by Gasteiger charge is 2.27. The number of rotatable bonds is 4. The number of nitrogens with zero attached hydrogens (tertiary/aromatic N) is 1. The van der Waals surface area contributed by atoms with Crippen molar-refractivity contribution >= 4 is 29.0 Å². The highest BCUT2D eigenvalue weighted by molar-refractivity contribution is 7.80. The number of esters is 1. The van der Waals surface area contributed by atoms with E-state index >= 15 is 0 Å². The minimum atomic E-state index is -0.374. The Hall–Kier alpha value is -1.99. The molecule has 6 nitrogen and oxygen atoms in total. The van der Waals surface area contributed by atoms with E-state index in [0.717, 1.165) is 25.0 Å². The van der Waals surface area contributed by atoms with E-state index in [1.165, 1.54) is 0 Å². The van der Waals surface area contributed by atoms with E-state index in [-0.39, 0.29) is 18.2 Å². The second-order valence-corrected chi connectivity index (χ2v) is 6.37. The maximum absolute atomic E-state index is 12.0. The third-order valence-corrected chi connectivity index (χ3v) is 4.44. The van der Waals surface area contributed by atoms with Crippen LogP contribution in [0.25, 0.3) is 0 Å². The van der Waals surface area contributed by atoms with Gasteiger partial charge in [-0.15, -0.1) is 0 Å². The number of cyclic esters (lactones) is 1. The largest absolute Gasteiger partial charge is 0.452 e. The highest BCUT2D eigenvalue weighted by atomic mass is 32.1. The molecular weight excluding hydrogens is 326 g/mol. The molecule has 7 heteroatoms. The number of fused-ring (bicyclic) bond motifs is 1. The third kappa shape index (κ3) is 4.10. The molecule has 24 heavy (non-hydrogen) atoms. The number of benzene rings is 1. The number of ether oxygens (including phenoxy) is 2. The summed E-state index contributed by atoms with van der Waals surface area (Å²) in [5, 5.41) is 7.77. The maximum atomic E-state index is 12.0. The van der Waals surface area contributed by atoms with Crippen LogP contribution in [-0.2, 0) is 15.9 Å². The summed E-state index contributed by atoms with van der Waals surface area (Å²) >= 11 is 5.20. The van der Waals surface area contributed by atoms with Crippen molar-refractivity contribution in [3.05, 3.63) is 35.4 Å². The van der Waals surface area contributed by atoms with Crippen LogP contribution < -0.4 is 10.7 Å². The van der Waals surface area contributed by atoms with Gasteiger partial charge in [0.2, 0.25) is 0 Å². The summed E-state index contributed by atoms with van der Waals surface area (Å²) in [6.45, 7) is 3.31. The van der Waals surface area contributed by atoms with Gasteiger partial charge in [0.25, 0.3) is 0 Å². The predicted molar refractivity (Wildman–Crippen MR) is 95.2 cm³/mol. The maximum Gasteiger partial charge on any atom is 0.339 e.